The van der Waals surface area contributed by atoms with Crippen LogP contribution in [0.15, 0.2) is 42.5 Å². The average molecular weight is 373 g/mol. The molecule has 5 nitrogen and oxygen atoms in total. The zero-order valence-corrected chi connectivity index (χ0v) is 14.6. The summed E-state index contributed by atoms with van der Waals surface area (Å²) in [5.41, 5.74) is 1.69. The van der Waals surface area contributed by atoms with Crippen LogP contribution >= 0.6 is 0 Å². The van der Waals surface area contributed by atoms with E-state index in [1.165, 1.54) is 0 Å². The number of carbonyl (C=O) groups excluding carboxylic acids is 1. The number of benzene rings is 1. The van der Waals surface area contributed by atoms with Crippen LogP contribution in [0.1, 0.15) is 41.6 Å². The molecule has 1 aliphatic carbocycles. The van der Waals surface area contributed by atoms with Crippen molar-refractivity contribution in [1.82, 2.24) is 15.6 Å². The van der Waals surface area contributed by atoms with Crippen molar-refractivity contribution in [3.05, 3.63) is 65.2 Å². The molecule has 142 valence electrons. The zero-order valence-electron chi connectivity index (χ0n) is 14.6. The standard InChI is InChI=1S/C20H21F2N3O2/c21-14-10-23-17(18(14)26)20(27)25-16(12-4-2-1-3-5-12)15-9-8-13(11-6-7-11)19(22)24-15/h1-5,8-9,11,14,16-18,23,26H,6-7,10H2,(H,25,27)/t14-,16-,17-,18?/m0/s1. The summed E-state index contributed by atoms with van der Waals surface area (Å²) in [5.74, 6) is -0.839. The van der Waals surface area contributed by atoms with E-state index in [0.29, 0.717) is 11.3 Å². The van der Waals surface area contributed by atoms with Crippen LogP contribution in [0.25, 0.3) is 0 Å². The second-order valence-corrected chi connectivity index (χ2v) is 7.14. The van der Waals surface area contributed by atoms with Gasteiger partial charge in [-0.1, -0.05) is 36.4 Å². The minimum atomic E-state index is -1.50. The Morgan fingerprint density at radius 1 is 1.22 bits per heavy atom. The predicted molar refractivity (Wildman–Crippen MR) is 95.3 cm³/mol. The first-order chi connectivity index (χ1) is 13.0. The molecule has 2 aromatic rings. The van der Waals surface area contributed by atoms with Crippen molar-refractivity contribution in [2.24, 2.45) is 0 Å². The van der Waals surface area contributed by atoms with Crippen molar-refractivity contribution in [2.45, 2.75) is 43.1 Å². The van der Waals surface area contributed by atoms with E-state index < -0.39 is 36.2 Å². The molecule has 4 atom stereocenters. The lowest BCUT2D eigenvalue weighted by Gasteiger charge is -2.23. The fourth-order valence-electron chi connectivity index (χ4n) is 3.46. The number of alkyl halides is 1. The molecule has 27 heavy (non-hydrogen) atoms. The molecule has 1 saturated heterocycles. The Bertz CT molecular complexity index is 829. The van der Waals surface area contributed by atoms with Crippen LogP contribution < -0.4 is 10.6 Å². The van der Waals surface area contributed by atoms with Crippen LogP contribution in [0.2, 0.25) is 0 Å². The van der Waals surface area contributed by atoms with Gasteiger partial charge in [0.2, 0.25) is 11.9 Å². The molecule has 0 spiro atoms. The molecule has 0 bridgehead atoms. The van der Waals surface area contributed by atoms with E-state index in [4.69, 9.17) is 0 Å². The quantitative estimate of drug-likeness (QED) is 0.701. The number of nitrogens with zero attached hydrogens (tertiary/aromatic N) is 1. The molecule has 2 aliphatic rings. The monoisotopic (exact) mass is 373 g/mol. The Morgan fingerprint density at radius 2 is 1.96 bits per heavy atom. The molecule has 1 amide bonds. The smallest absolute Gasteiger partial charge is 0.240 e. The van der Waals surface area contributed by atoms with E-state index in [1.807, 2.05) is 18.2 Å². The van der Waals surface area contributed by atoms with Gasteiger partial charge in [0, 0.05) is 12.1 Å². The van der Waals surface area contributed by atoms with E-state index in [2.05, 4.69) is 15.6 Å². The Balaban J connectivity index is 1.62. The number of aliphatic hydroxyl groups excluding tert-OH is 1. The normalized spacial score (nSPS) is 26.0. The number of aromatic nitrogens is 1. The van der Waals surface area contributed by atoms with Gasteiger partial charge in [0.25, 0.3) is 0 Å². The summed E-state index contributed by atoms with van der Waals surface area (Å²) in [4.78, 5) is 16.7. The van der Waals surface area contributed by atoms with Crippen molar-refractivity contribution in [3.63, 3.8) is 0 Å². The van der Waals surface area contributed by atoms with Gasteiger partial charge in [0.05, 0.1) is 11.7 Å². The summed E-state index contributed by atoms with van der Waals surface area (Å²) in [5, 5.41) is 15.3. The number of halogens is 2. The zero-order chi connectivity index (χ0) is 19.0. The lowest BCUT2D eigenvalue weighted by molar-refractivity contribution is -0.125. The Labute approximate surface area is 155 Å². The summed E-state index contributed by atoms with van der Waals surface area (Å²) < 4.78 is 28.0. The van der Waals surface area contributed by atoms with E-state index in [-0.39, 0.29) is 12.5 Å². The Morgan fingerprint density at radius 3 is 2.56 bits per heavy atom. The first-order valence-electron chi connectivity index (χ1n) is 9.12. The van der Waals surface area contributed by atoms with Gasteiger partial charge in [0.15, 0.2) is 0 Å². The maximum atomic E-state index is 14.4. The van der Waals surface area contributed by atoms with Gasteiger partial charge in [-0.3, -0.25) is 4.79 Å². The fourth-order valence-corrected chi connectivity index (χ4v) is 3.46. The van der Waals surface area contributed by atoms with Gasteiger partial charge in [-0.05, 0) is 30.4 Å². The van der Waals surface area contributed by atoms with Gasteiger partial charge in [-0.25, -0.2) is 9.37 Å². The molecule has 1 saturated carbocycles. The number of aliphatic hydroxyl groups is 1. The van der Waals surface area contributed by atoms with Crippen LogP contribution in [0.5, 0.6) is 0 Å². The summed E-state index contributed by atoms with van der Waals surface area (Å²) >= 11 is 0. The van der Waals surface area contributed by atoms with Crippen LogP contribution in [-0.2, 0) is 4.79 Å². The first-order valence-corrected chi connectivity index (χ1v) is 9.12. The molecule has 2 heterocycles. The van der Waals surface area contributed by atoms with Gasteiger partial charge in [-0.15, -0.1) is 0 Å². The second-order valence-electron chi connectivity index (χ2n) is 7.14. The van der Waals surface area contributed by atoms with Gasteiger partial charge < -0.3 is 15.7 Å². The van der Waals surface area contributed by atoms with Gasteiger partial charge >= 0.3 is 0 Å². The van der Waals surface area contributed by atoms with E-state index in [1.54, 1.807) is 24.3 Å². The number of rotatable bonds is 5. The molecule has 4 rings (SSSR count). The lowest BCUT2D eigenvalue weighted by atomic mass is 10.0. The summed E-state index contributed by atoms with van der Waals surface area (Å²) in [6.45, 7) is -0.0851. The Hall–Kier alpha value is -2.38. The SMILES string of the molecule is O=C(N[C@@H](c1ccccc1)c1ccc(C2CC2)c(F)n1)[C@H]1NC[C@H](F)C1O. The number of pyridine rings is 1. The minimum absolute atomic E-state index is 0.0851. The first kappa shape index (κ1) is 18.0. The summed E-state index contributed by atoms with van der Waals surface area (Å²) in [6, 6.07) is 10.7. The van der Waals surface area contributed by atoms with Crippen molar-refractivity contribution < 1.29 is 18.7 Å². The second kappa shape index (κ2) is 7.32. The molecular weight excluding hydrogens is 352 g/mol. The van der Waals surface area contributed by atoms with Crippen LogP contribution in [0.3, 0.4) is 0 Å². The maximum Gasteiger partial charge on any atom is 0.240 e. The molecule has 2 fully saturated rings. The highest BCUT2D eigenvalue weighted by molar-refractivity contribution is 5.83. The van der Waals surface area contributed by atoms with Crippen LogP contribution in [-0.4, -0.2) is 40.9 Å². The predicted octanol–water partition coefficient (Wildman–Crippen LogP) is 1.97. The summed E-state index contributed by atoms with van der Waals surface area (Å²) in [6.07, 6.45) is -0.980. The minimum Gasteiger partial charge on any atom is -0.388 e. The molecule has 0 radical (unpaired) electrons. The fraction of sp³-hybridized carbons (Fsp3) is 0.400. The number of carbonyl (C=O) groups is 1. The molecule has 7 heteroatoms. The van der Waals surface area contributed by atoms with Crippen molar-refractivity contribution in [2.75, 3.05) is 6.54 Å². The molecule has 3 N–H and O–H groups in total. The van der Waals surface area contributed by atoms with Crippen molar-refractivity contribution >= 4 is 5.91 Å². The van der Waals surface area contributed by atoms with Crippen LogP contribution in [0, 0.1) is 5.95 Å². The average Bonchev–Trinajstić information content (AvgIpc) is 3.46. The summed E-state index contributed by atoms with van der Waals surface area (Å²) in [7, 11) is 0. The number of nitrogens with one attached hydrogen (secondary N) is 2. The highest BCUT2D eigenvalue weighted by Crippen LogP contribution is 2.41. The van der Waals surface area contributed by atoms with Crippen molar-refractivity contribution in [3.8, 4) is 0 Å². The maximum absolute atomic E-state index is 14.4. The van der Waals surface area contributed by atoms with E-state index in [9.17, 15) is 18.7 Å². The highest BCUT2D eigenvalue weighted by atomic mass is 19.1. The number of hydrogen-bond acceptors (Lipinski definition) is 4. The van der Waals surface area contributed by atoms with E-state index >= 15 is 0 Å². The molecule has 1 aliphatic heterocycles. The van der Waals surface area contributed by atoms with Gasteiger partial charge in [0.1, 0.15) is 18.3 Å². The molecule has 1 aromatic heterocycles. The van der Waals surface area contributed by atoms with Crippen LogP contribution in [0.4, 0.5) is 8.78 Å². The number of amides is 1. The molecule has 1 aromatic carbocycles. The molecule has 1 unspecified atom stereocenters. The third kappa shape index (κ3) is 3.70. The topological polar surface area (TPSA) is 74.2 Å². The van der Waals surface area contributed by atoms with Crippen molar-refractivity contribution in [1.29, 1.82) is 0 Å². The molecular formula is C20H21F2N3O2. The highest BCUT2D eigenvalue weighted by Gasteiger charge is 2.40. The number of hydrogen-bond donors (Lipinski definition) is 3. The van der Waals surface area contributed by atoms with Gasteiger partial charge in [-0.2, -0.15) is 4.39 Å². The Kier molecular flexibility index (Phi) is 4.88. The third-order valence-electron chi connectivity index (χ3n) is 5.16. The lowest BCUT2D eigenvalue weighted by Crippen LogP contribution is -2.48. The van der Waals surface area contributed by atoms with E-state index in [0.717, 1.165) is 18.4 Å². The largest absolute Gasteiger partial charge is 0.388 e. The third-order valence-corrected chi connectivity index (χ3v) is 5.16.